The van der Waals surface area contributed by atoms with Crippen molar-refractivity contribution in [3.05, 3.63) is 29.8 Å². The Hall–Kier alpha value is -1.20. The summed E-state index contributed by atoms with van der Waals surface area (Å²) in [6.07, 6.45) is 0.606. The Morgan fingerprint density at radius 2 is 2.33 bits per heavy atom. The molecule has 1 aromatic carbocycles. The fourth-order valence-electron chi connectivity index (χ4n) is 0.837. The lowest BCUT2D eigenvalue weighted by atomic mass is 9.79. The maximum Gasteiger partial charge on any atom is 0.529 e. The highest BCUT2D eigenvalue weighted by atomic mass is 19.3. The van der Waals surface area contributed by atoms with Crippen molar-refractivity contribution in [3.63, 3.8) is 0 Å². The van der Waals surface area contributed by atoms with Gasteiger partial charge in [-0.25, -0.2) is 4.86 Å². The molecule has 0 heterocycles. The van der Waals surface area contributed by atoms with E-state index in [1.807, 2.05) is 0 Å². The summed E-state index contributed by atoms with van der Waals surface area (Å²) in [5.74, 6) is 0. The predicted octanol–water partition coefficient (Wildman–Crippen LogP) is 0.0877. The second-order valence-corrected chi connectivity index (χ2v) is 2.23. The number of carbonyl (C=O) groups is 1. The van der Waals surface area contributed by atoms with Crippen LogP contribution in [0.2, 0.25) is 0 Å². The maximum absolute atomic E-state index is 11.5. The topological polar surface area (TPSA) is 46.5 Å². The zero-order chi connectivity index (χ0) is 8.97. The lowest BCUT2D eigenvalue weighted by Crippen LogP contribution is -2.31. The highest BCUT2D eigenvalue weighted by Gasteiger charge is 2.16. The van der Waals surface area contributed by atoms with E-state index in [0.29, 0.717) is 11.8 Å². The van der Waals surface area contributed by atoms with Gasteiger partial charge in [-0.15, -0.1) is 0 Å². The molecule has 0 saturated heterocycles. The van der Waals surface area contributed by atoms with Crippen LogP contribution < -0.4 is 5.46 Å². The van der Waals surface area contributed by atoms with Crippen LogP contribution in [0.1, 0.15) is 10.4 Å². The first-order chi connectivity index (χ1) is 5.77. The highest BCUT2D eigenvalue weighted by Crippen LogP contribution is 1.94. The minimum atomic E-state index is -1.62. The number of aldehydes is 1. The molecule has 3 nitrogen and oxygen atoms in total. The molecule has 0 bridgehead atoms. The Morgan fingerprint density at radius 3 is 2.92 bits per heavy atom. The van der Waals surface area contributed by atoms with Crippen LogP contribution in [0.15, 0.2) is 24.3 Å². The van der Waals surface area contributed by atoms with E-state index < -0.39 is 7.12 Å². The van der Waals surface area contributed by atoms with Crippen LogP contribution in [0.5, 0.6) is 0 Å². The average Bonchev–Trinajstić information content (AvgIpc) is 2.17. The number of hydrogen-bond donors (Lipinski definition) is 1. The maximum atomic E-state index is 11.5. The number of benzene rings is 1. The Bertz CT molecular complexity index is 279. The first-order valence-electron chi connectivity index (χ1n) is 3.28. The van der Waals surface area contributed by atoms with E-state index in [-0.39, 0.29) is 5.46 Å². The van der Waals surface area contributed by atoms with Crippen LogP contribution in [0, 0.1) is 0 Å². The van der Waals surface area contributed by atoms with Crippen molar-refractivity contribution in [3.8, 4) is 0 Å². The lowest BCUT2D eigenvalue weighted by molar-refractivity contribution is -0.0267. The molecule has 1 aromatic rings. The van der Waals surface area contributed by atoms with E-state index in [9.17, 15) is 9.32 Å². The molecule has 0 radical (unpaired) electrons. The number of carbonyl (C=O) groups excluding carboxylic acids is 1. The van der Waals surface area contributed by atoms with Crippen LogP contribution in [-0.4, -0.2) is 18.4 Å². The molecule has 5 heteroatoms. The van der Waals surface area contributed by atoms with Crippen LogP contribution in [0.4, 0.5) is 4.53 Å². The summed E-state index contributed by atoms with van der Waals surface area (Å²) in [7, 11) is -1.62. The van der Waals surface area contributed by atoms with Gasteiger partial charge >= 0.3 is 7.12 Å². The van der Waals surface area contributed by atoms with Gasteiger partial charge in [-0.2, -0.15) is 0 Å². The van der Waals surface area contributed by atoms with Crippen molar-refractivity contribution in [2.45, 2.75) is 0 Å². The van der Waals surface area contributed by atoms with Crippen molar-refractivity contribution in [2.75, 3.05) is 0 Å². The first-order valence-corrected chi connectivity index (χ1v) is 3.28. The molecule has 0 aliphatic heterocycles. The van der Waals surface area contributed by atoms with Crippen molar-refractivity contribution in [1.82, 2.24) is 0 Å². The summed E-state index contributed by atoms with van der Waals surface area (Å²) in [5, 5.41) is 8.84. The van der Waals surface area contributed by atoms with Gasteiger partial charge in [0.1, 0.15) is 6.29 Å². The van der Waals surface area contributed by atoms with Gasteiger partial charge in [0.25, 0.3) is 0 Å². The van der Waals surface area contributed by atoms with E-state index in [0.717, 1.165) is 0 Å². The minimum Gasteiger partial charge on any atom is -0.421 e. The molecule has 62 valence electrons. The van der Waals surface area contributed by atoms with Crippen LogP contribution in [0.3, 0.4) is 0 Å². The van der Waals surface area contributed by atoms with Gasteiger partial charge in [-0.3, -0.25) is 4.79 Å². The molecule has 12 heavy (non-hydrogen) atoms. The molecule has 0 unspecified atom stereocenters. The van der Waals surface area contributed by atoms with E-state index in [1.54, 1.807) is 6.07 Å². The SMILES string of the molecule is O=Cc1cccc(B(O)OF)c1. The molecule has 1 rings (SSSR count). The average molecular weight is 168 g/mol. The molecule has 0 fully saturated rings. The molecular weight excluding hydrogens is 162 g/mol. The van der Waals surface area contributed by atoms with E-state index >= 15 is 0 Å². The number of halogens is 1. The molecule has 0 atom stereocenters. The van der Waals surface area contributed by atoms with Crippen LogP contribution in [-0.2, 0) is 4.86 Å². The standard InChI is InChI=1S/C7H6BFO3/c9-12-8(11)7-3-1-2-6(4-7)5-10/h1-5,11H. The van der Waals surface area contributed by atoms with Crippen molar-refractivity contribution < 1.29 is 19.2 Å². The molecule has 1 N–H and O–H groups in total. The fraction of sp³-hybridized carbons (Fsp3) is 0. The summed E-state index contributed by atoms with van der Waals surface area (Å²) < 4.78 is 11.5. The van der Waals surface area contributed by atoms with Crippen LogP contribution >= 0.6 is 0 Å². The zero-order valence-electron chi connectivity index (χ0n) is 6.11. The molecule has 0 saturated carbocycles. The zero-order valence-corrected chi connectivity index (χ0v) is 6.11. The van der Waals surface area contributed by atoms with E-state index in [2.05, 4.69) is 4.86 Å². The second-order valence-electron chi connectivity index (χ2n) is 2.23. The van der Waals surface area contributed by atoms with Gasteiger partial charge in [0.2, 0.25) is 0 Å². The summed E-state index contributed by atoms with van der Waals surface area (Å²) in [6, 6.07) is 5.87. The van der Waals surface area contributed by atoms with Gasteiger partial charge in [0.15, 0.2) is 0 Å². The predicted molar refractivity (Wildman–Crippen MR) is 41.6 cm³/mol. The Labute approximate surface area is 68.8 Å². The van der Waals surface area contributed by atoms with Crippen molar-refractivity contribution >= 4 is 18.9 Å². The third-order valence-corrected chi connectivity index (χ3v) is 1.42. The van der Waals surface area contributed by atoms with Crippen LogP contribution in [0.25, 0.3) is 0 Å². The van der Waals surface area contributed by atoms with E-state index in [4.69, 9.17) is 5.02 Å². The van der Waals surface area contributed by atoms with Crippen molar-refractivity contribution in [2.24, 2.45) is 0 Å². The molecular formula is C7H6BFO3. The molecule has 0 amide bonds. The molecule has 0 aliphatic rings. The summed E-state index contributed by atoms with van der Waals surface area (Å²) in [4.78, 5) is 13.4. The largest absolute Gasteiger partial charge is 0.529 e. The highest BCUT2D eigenvalue weighted by molar-refractivity contribution is 6.59. The quantitative estimate of drug-likeness (QED) is 0.513. The molecule has 0 spiro atoms. The third-order valence-electron chi connectivity index (χ3n) is 1.42. The molecule has 0 aromatic heterocycles. The number of rotatable bonds is 3. The van der Waals surface area contributed by atoms with Gasteiger partial charge in [-0.05, 0) is 5.46 Å². The van der Waals surface area contributed by atoms with Gasteiger partial charge in [-0.1, -0.05) is 28.8 Å². The number of hydrogen-bond acceptors (Lipinski definition) is 3. The lowest BCUT2D eigenvalue weighted by Gasteiger charge is -1.99. The van der Waals surface area contributed by atoms with E-state index in [1.165, 1.54) is 18.2 Å². The minimum absolute atomic E-state index is 0.210. The summed E-state index contributed by atoms with van der Waals surface area (Å²) >= 11 is 0. The van der Waals surface area contributed by atoms with Gasteiger partial charge in [0.05, 0.1) is 0 Å². The van der Waals surface area contributed by atoms with Crippen molar-refractivity contribution in [1.29, 1.82) is 0 Å². The van der Waals surface area contributed by atoms with Gasteiger partial charge in [0, 0.05) is 5.56 Å². The summed E-state index contributed by atoms with van der Waals surface area (Å²) in [6.45, 7) is 0. The Balaban J connectivity index is 2.93. The normalized spacial score (nSPS) is 9.50. The first kappa shape index (κ1) is 8.90. The third kappa shape index (κ3) is 1.90. The smallest absolute Gasteiger partial charge is 0.421 e. The van der Waals surface area contributed by atoms with Gasteiger partial charge < -0.3 is 5.02 Å². The fourth-order valence-corrected chi connectivity index (χ4v) is 0.837. The monoisotopic (exact) mass is 168 g/mol. The summed E-state index contributed by atoms with van der Waals surface area (Å²) in [5.41, 5.74) is 0.575. The Morgan fingerprint density at radius 1 is 1.58 bits per heavy atom. The Kier molecular flexibility index (Phi) is 2.96. The second kappa shape index (κ2) is 3.99. The molecule has 0 aliphatic carbocycles.